The van der Waals surface area contributed by atoms with E-state index in [0.717, 1.165) is 32.5 Å². The fraction of sp³-hybridized carbons (Fsp3) is 0.917. The molecule has 2 atom stereocenters. The average molecular weight is 244 g/mol. The Bertz CT molecular complexity index is 246. The minimum atomic E-state index is -0.769. The lowest BCUT2D eigenvalue weighted by Crippen LogP contribution is -2.40. The Morgan fingerprint density at radius 2 is 2.06 bits per heavy atom. The van der Waals surface area contributed by atoms with Crippen molar-refractivity contribution in [3.05, 3.63) is 0 Å². The van der Waals surface area contributed by atoms with Crippen molar-refractivity contribution in [2.24, 2.45) is 0 Å². The molecule has 1 aliphatic heterocycles. The molecule has 0 radical (unpaired) electrons. The summed E-state index contributed by atoms with van der Waals surface area (Å²) in [6, 6.07) is 0. The first-order valence-corrected chi connectivity index (χ1v) is 6.21. The lowest BCUT2D eigenvalue weighted by Gasteiger charge is -2.25. The number of carboxylic acids is 1. The number of rotatable bonds is 7. The van der Waals surface area contributed by atoms with Gasteiger partial charge in [-0.1, -0.05) is 0 Å². The van der Waals surface area contributed by atoms with Crippen molar-refractivity contribution in [1.29, 1.82) is 0 Å². The van der Waals surface area contributed by atoms with Gasteiger partial charge in [-0.15, -0.1) is 0 Å². The van der Waals surface area contributed by atoms with Crippen molar-refractivity contribution < 1.29 is 14.6 Å². The monoisotopic (exact) mass is 244 g/mol. The highest BCUT2D eigenvalue weighted by Gasteiger charge is 2.24. The van der Waals surface area contributed by atoms with Gasteiger partial charge in [0.05, 0.1) is 18.8 Å². The number of hydrogen-bond donors (Lipinski definition) is 1. The second-order valence-corrected chi connectivity index (χ2v) is 5.08. The van der Waals surface area contributed by atoms with E-state index in [1.165, 1.54) is 0 Å². The van der Waals surface area contributed by atoms with Crippen molar-refractivity contribution in [2.45, 2.75) is 32.0 Å². The Hall–Kier alpha value is -0.650. The van der Waals surface area contributed by atoms with Crippen LogP contribution in [0, 0.1) is 0 Å². The minimum absolute atomic E-state index is 0.0993. The SMILES string of the molecule is CC1CCC(CN(CCN(C)C)CC(=O)O)O1. The summed E-state index contributed by atoms with van der Waals surface area (Å²) in [5, 5.41) is 8.88. The number of carbonyl (C=O) groups is 1. The van der Waals surface area contributed by atoms with Crippen LogP contribution in [0.4, 0.5) is 0 Å². The van der Waals surface area contributed by atoms with E-state index in [4.69, 9.17) is 9.84 Å². The Morgan fingerprint density at radius 3 is 2.53 bits per heavy atom. The van der Waals surface area contributed by atoms with Crippen LogP contribution in [0.25, 0.3) is 0 Å². The van der Waals surface area contributed by atoms with Gasteiger partial charge in [-0.2, -0.15) is 0 Å². The highest BCUT2D eigenvalue weighted by molar-refractivity contribution is 5.69. The Balaban J connectivity index is 2.36. The smallest absolute Gasteiger partial charge is 0.317 e. The first kappa shape index (κ1) is 14.4. The molecule has 0 saturated carbocycles. The first-order chi connectivity index (χ1) is 7.97. The van der Waals surface area contributed by atoms with Crippen LogP contribution in [-0.4, -0.2) is 73.4 Å². The fourth-order valence-corrected chi connectivity index (χ4v) is 2.08. The fourth-order valence-electron chi connectivity index (χ4n) is 2.08. The molecule has 0 aromatic carbocycles. The molecule has 1 aliphatic rings. The maximum atomic E-state index is 10.8. The third-order valence-corrected chi connectivity index (χ3v) is 3.00. The summed E-state index contributed by atoms with van der Waals surface area (Å²) in [5.74, 6) is -0.769. The van der Waals surface area contributed by atoms with E-state index in [-0.39, 0.29) is 12.6 Å². The molecule has 5 heteroatoms. The van der Waals surface area contributed by atoms with E-state index in [1.54, 1.807) is 0 Å². The minimum Gasteiger partial charge on any atom is -0.480 e. The molecular weight excluding hydrogens is 220 g/mol. The second kappa shape index (κ2) is 6.93. The van der Waals surface area contributed by atoms with E-state index < -0.39 is 5.97 Å². The van der Waals surface area contributed by atoms with Gasteiger partial charge >= 0.3 is 5.97 Å². The van der Waals surface area contributed by atoms with Crippen LogP contribution in [-0.2, 0) is 9.53 Å². The number of likely N-dealkylation sites (N-methyl/N-ethyl adjacent to an activating group) is 1. The average Bonchev–Trinajstić information content (AvgIpc) is 2.59. The van der Waals surface area contributed by atoms with Gasteiger partial charge in [0.1, 0.15) is 0 Å². The highest BCUT2D eigenvalue weighted by atomic mass is 16.5. The zero-order valence-corrected chi connectivity index (χ0v) is 11.1. The van der Waals surface area contributed by atoms with Crippen LogP contribution in [0.5, 0.6) is 0 Å². The van der Waals surface area contributed by atoms with E-state index in [2.05, 4.69) is 11.8 Å². The van der Waals surface area contributed by atoms with Gasteiger partial charge in [0, 0.05) is 19.6 Å². The lowest BCUT2D eigenvalue weighted by atomic mass is 10.2. The summed E-state index contributed by atoms with van der Waals surface area (Å²) in [4.78, 5) is 14.8. The molecule has 0 aliphatic carbocycles. The van der Waals surface area contributed by atoms with Crippen molar-refractivity contribution in [2.75, 3.05) is 40.3 Å². The highest BCUT2D eigenvalue weighted by Crippen LogP contribution is 2.19. The van der Waals surface area contributed by atoms with Gasteiger partial charge < -0.3 is 14.7 Å². The molecule has 1 heterocycles. The third kappa shape index (κ3) is 6.00. The van der Waals surface area contributed by atoms with Crippen LogP contribution >= 0.6 is 0 Å². The molecule has 5 nitrogen and oxygen atoms in total. The molecule has 0 aromatic rings. The summed E-state index contributed by atoms with van der Waals surface area (Å²) < 4.78 is 5.73. The zero-order valence-electron chi connectivity index (χ0n) is 11.1. The van der Waals surface area contributed by atoms with Crippen molar-refractivity contribution >= 4 is 5.97 Å². The molecule has 0 amide bonds. The summed E-state index contributed by atoms with van der Waals surface area (Å²) in [7, 11) is 3.99. The molecule has 1 fully saturated rings. The Labute approximate surface area is 103 Å². The van der Waals surface area contributed by atoms with E-state index in [0.29, 0.717) is 6.10 Å². The van der Waals surface area contributed by atoms with Gasteiger partial charge in [0.2, 0.25) is 0 Å². The summed E-state index contributed by atoms with van der Waals surface area (Å²) in [6.45, 7) is 4.54. The number of carboxylic acid groups (broad SMARTS) is 1. The summed E-state index contributed by atoms with van der Waals surface area (Å²) >= 11 is 0. The van der Waals surface area contributed by atoms with Gasteiger partial charge in [0.15, 0.2) is 0 Å². The van der Waals surface area contributed by atoms with Crippen molar-refractivity contribution in [3.8, 4) is 0 Å². The zero-order chi connectivity index (χ0) is 12.8. The number of aliphatic carboxylic acids is 1. The lowest BCUT2D eigenvalue weighted by molar-refractivity contribution is -0.138. The normalized spacial score (nSPS) is 24.8. The number of nitrogens with zero attached hydrogens (tertiary/aromatic N) is 2. The van der Waals surface area contributed by atoms with Crippen LogP contribution in [0.15, 0.2) is 0 Å². The summed E-state index contributed by atoms with van der Waals surface area (Å²) in [6.07, 6.45) is 2.64. The van der Waals surface area contributed by atoms with Crippen LogP contribution in [0.3, 0.4) is 0 Å². The molecule has 0 bridgehead atoms. The van der Waals surface area contributed by atoms with Crippen LogP contribution in [0.2, 0.25) is 0 Å². The molecule has 1 N–H and O–H groups in total. The van der Waals surface area contributed by atoms with Gasteiger partial charge in [-0.3, -0.25) is 9.69 Å². The molecule has 0 aromatic heterocycles. The quantitative estimate of drug-likeness (QED) is 0.707. The predicted molar refractivity (Wildman–Crippen MR) is 66.2 cm³/mol. The van der Waals surface area contributed by atoms with E-state index in [9.17, 15) is 4.79 Å². The standard InChI is InChI=1S/C12H24N2O3/c1-10-4-5-11(17-10)8-14(9-12(15)16)7-6-13(2)3/h10-11H,4-9H2,1-3H3,(H,15,16). The molecule has 0 spiro atoms. The Kier molecular flexibility index (Phi) is 5.88. The van der Waals surface area contributed by atoms with Gasteiger partial charge in [0.25, 0.3) is 0 Å². The molecular formula is C12H24N2O3. The van der Waals surface area contributed by atoms with Crippen molar-refractivity contribution in [3.63, 3.8) is 0 Å². The Morgan fingerprint density at radius 1 is 1.35 bits per heavy atom. The van der Waals surface area contributed by atoms with E-state index >= 15 is 0 Å². The van der Waals surface area contributed by atoms with Gasteiger partial charge in [-0.25, -0.2) is 0 Å². The van der Waals surface area contributed by atoms with Crippen molar-refractivity contribution in [1.82, 2.24) is 9.80 Å². The molecule has 1 rings (SSSR count). The van der Waals surface area contributed by atoms with Crippen LogP contribution < -0.4 is 0 Å². The van der Waals surface area contributed by atoms with Crippen LogP contribution in [0.1, 0.15) is 19.8 Å². The topological polar surface area (TPSA) is 53.0 Å². The first-order valence-electron chi connectivity index (χ1n) is 6.21. The number of ether oxygens (including phenoxy) is 1. The van der Waals surface area contributed by atoms with E-state index in [1.807, 2.05) is 19.0 Å². The molecule has 100 valence electrons. The maximum Gasteiger partial charge on any atom is 0.317 e. The second-order valence-electron chi connectivity index (χ2n) is 5.08. The van der Waals surface area contributed by atoms with Gasteiger partial charge in [-0.05, 0) is 33.9 Å². The summed E-state index contributed by atoms with van der Waals surface area (Å²) in [5.41, 5.74) is 0. The molecule has 1 saturated heterocycles. The largest absolute Gasteiger partial charge is 0.480 e. The third-order valence-electron chi connectivity index (χ3n) is 3.00. The molecule has 17 heavy (non-hydrogen) atoms. The number of hydrogen-bond acceptors (Lipinski definition) is 4. The predicted octanol–water partition coefficient (Wildman–Crippen LogP) is 0.502. The maximum absolute atomic E-state index is 10.8. The molecule has 2 unspecified atom stereocenters.